The molecule has 0 saturated heterocycles. The van der Waals surface area contributed by atoms with Gasteiger partial charge in [0.25, 0.3) is 0 Å². The Morgan fingerprint density at radius 2 is 0.921 bits per heavy atom. The van der Waals surface area contributed by atoms with Crippen LogP contribution in [0.15, 0.2) is 12.2 Å². The van der Waals surface area contributed by atoms with E-state index in [-0.39, 0.29) is 5.97 Å². The highest BCUT2D eigenvalue weighted by molar-refractivity contribution is 5.65. The molecular formula is C34H71N2O2+. The van der Waals surface area contributed by atoms with Crippen LogP contribution in [0.5, 0.6) is 0 Å². The van der Waals surface area contributed by atoms with E-state index in [1.807, 2.05) is 14.1 Å². The fraction of sp³-hybridized carbons (Fsp3) is 0.912. The summed E-state index contributed by atoms with van der Waals surface area (Å²) in [6.45, 7) is 7.78. The SMILES string of the molecule is CCCCCCCC/C=C\CCCCCCCCN.CCCCCCCCCCCC[N+](C)(C)OC(C)=O. The number of hydrogen-bond donors (Lipinski definition) is 1. The van der Waals surface area contributed by atoms with Crippen LogP contribution in [0.25, 0.3) is 0 Å². The fourth-order valence-electron chi connectivity index (χ4n) is 4.77. The summed E-state index contributed by atoms with van der Waals surface area (Å²) in [5.41, 5.74) is 5.47. The first-order valence-corrected chi connectivity index (χ1v) is 16.8. The third-order valence-corrected chi connectivity index (χ3v) is 7.14. The fourth-order valence-corrected chi connectivity index (χ4v) is 4.77. The molecule has 0 fully saturated rings. The maximum Gasteiger partial charge on any atom is 0.363 e. The number of hydroxylamine groups is 3. The Morgan fingerprint density at radius 3 is 1.29 bits per heavy atom. The minimum atomic E-state index is -0.197. The van der Waals surface area contributed by atoms with Crippen molar-refractivity contribution in [3.63, 3.8) is 0 Å². The molecule has 0 aliphatic rings. The molecule has 0 heterocycles. The van der Waals surface area contributed by atoms with Crippen LogP contribution < -0.4 is 5.73 Å². The van der Waals surface area contributed by atoms with Gasteiger partial charge in [0.1, 0.15) is 20.6 Å². The molecule has 4 nitrogen and oxygen atoms in total. The van der Waals surface area contributed by atoms with Crippen LogP contribution in [0, 0.1) is 0 Å². The number of rotatable bonds is 27. The second-order valence-electron chi connectivity index (χ2n) is 11.8. The van der Waals surface area contributed by atoms with E-state index in [1.54, 1.807) is 0 Å². The monoisotopic (exact) mass is 540 g/mol. The standard InChI is InChI=1S/C18H37N.C16H34NO2/c1-2-3-4-5-6-7-8-9-10-11-12-13-14-15-16-17-18-19;1-5-6-7-8-9-10-11-12-13-14-15-17(3,4)19-16(2)18/h9-10H,2-8,11-19H2,1H3;5-15H2,1-4H3/q;+1/b10-9-;. The lowest BCUT2D eigenvalue weighted by molar-refractivity contribution is -1.06. The molecule has 0 amide bonds. The van der Waals surface area contributed by atoms with Gasteiger partial charge in [-0.1, -0.05) is 135 Å². The first-order chi connectivity index (χ1) is 18.4. The summed E-state index contributed by atoms with van der Waals surface area (Å²) < 4.78 is 0.354. The average molecular weight is 540 g/mol. The second-order valence-corrected chi connectivity index (χ2v) is 11.8. The summed E-state index contributed by atoms with van der Waals surface area (Å²) in [5, 5.41) is 0. The molecule has 0 aromatic heterocycles. The lowest BCUT2D eigenvalue weighted by atomic mass is 10.1. The van der Waals surface area contributed by atoms with E-state index in [1.165, 1.54) is 155 Å². The second kappa shape index (κ2) is 32.3. The van der Waals surface area contributed by atoms with Crippen LogP contribution in [0.2, 0.25) is 0 Å². The van der Waals surface area contributed by atoms with Gasteiger partial charge in [-0.3, -0.25) is 4.84 Å². The largest absolute Gasteiger partial charge is 0.363 e. The molecule has 4 heteroatoms. The number of carbonyl (C=O) groups excluding carboxylic acids is 1. The molecule has 2 N–H and O–H groups in total. The van der Waals surface area contributed by atoms with E-state index >= 15 is 0 Å². The zero-order valence-corrected chi connectivity index (χ0v) is 26.9. The van der Waals surface area contributed by atoms with E-state index in [9.17, 15) is 4.79 Å². The quantitative estimate of drug-likeness (QED) is 0.0489. The molecule has 0 bridgehead atoms. The Bertz CT molecular complexity index is 491. The molecule has 0 radical (unpaired) electrons. The van der Waals surface area contributed by atoms with E-state index in [4.69, 9.17) is 10.6 Å². The first-order valence-electron chi connectivity index (χ1n) is 16.8. The molecule has 0 saturated carbocycles. The van der Waals surface area contributed by atoms with Gasteiger partial charge < -0.3 is 5.73 Å². The van der Waals surface area contributed by atoms with Crippen LogP contribution in [-0.4, -0.2) is 37.8 Å². The number of unbranched alkanes of at least 4 members (excludes halogenated alkanes) is 21. The van der Waals surface area contributed by atoms with Crippen molar-refractivity contribution in [1.82, 2.24) is 0 Å². The van der Waals surface area contributed by atoms with Crippen molar-refractivity contribution in [3.05, 3.63) is 12.2 Å². The van der Waals surface area contributed by atoms with Gasteiger partial charge in [-0.15, -0.1) is 4.65 Å². The Morgan fingerprint density at radius 1 is 0.579 bits per heavy atom. The van der Waals surface area contributed by atoms with Crippen molar-refractivity contribution in [2.75, 3.05) is 27.2 Å². The molecule has 0 atom stereocenters. The summed E-state index contributed by atoms with van der Waals surface area (Å²) in [6, 6.07) is 0. The van der Waals surface area contributed by atoms with Crippen LogP contribution in [0.3, 0.4) is 0 Å². The number of nitrogens with two attached hydrogens (primary N) is 1. The van der Waals surface area contributed by atoms with Crippen LogP contribution in [0.1, 0.15) is 175 Å². The maximum absolute atomic E-state index is 10.9. The van der Waals surface area contributed by atoms with E-state index in [0.717, 1.165) is 19.5 Å². The van der Waals surface area contributed by atoms with Gasteiger partial charge in [0, 0.05) is 13.3 Å². The highest BCUT2D eigenvalue weighted by Crippen LogP contribution is 2.12. The van der Waals surface area contributed by atoms with E-state index < -0.39 is 0 Å². The zero-order chi connectivity index (χ0) is 28.6. The molecule has 0 aliphatic heterocycles. The van der Waals surface area contributed by atoms with Crippen molar-refractivity contribution in [2.45, 2.75) is 175 Å². The Kier molecular flexibility index (Phi) is 33.4. The van der Waals surface area contributed by atoms with Crippen molar-refractivity contribution < 1.29 is 14.3 Å². The van der Waals surface area contributed by atoms with E-state index in [2.05, 4.69) is 26.0 Å². The summed E-state index contributed by atoms with van der Waals surface area (Å²) in [6.07, 6.45) is 37.3. The number of hydrogen-bond acceptors (Lipinski definition) is 3. The Balaban J connectivity index is 0. The summed E-state index contributed by atoms with van der Waals surface area (Å²) in [7, 11) is 3.88. The van der Waals surface area contributed by atoms with Gasteiger partial charge in [-0.25, -0.2) is 4.79 Å². The number of nitrogens with zero attached hydrogens (tertiary/aromatic N) is 1. The summed E-state index contributed by atoms with van der Waals surface area (Å²) >= 11 is 0. The molecule has 0 aliphatic carbocycles. The average Bonchev–Trinajstić information content (AvgIpc) is 2.87. The van der Waals surface area contributed by atoms with Crippen molar-refractivity contribution in [1.29, 1.82) is 0 Å². The third kappa shape index (κ3) is 37.3. The number of allylic oxidation sites excluding steroid dienone is 2. The van der Waals surface area contributed by atoms with Gasteiger partial charge in [-0.05, 0) is 45.1 Å². The molecule has 0 rings (SSSR count). The van der Waals surface area contributed by atoms with Crippen LogP contribution in [0.4, 0.5) is 0 Å². The third-order valence-electron chi connectivity index (χ3n) is 7.14. The first kappa shape index (κ1) is 39.3. The van der Waals surface area contributed by atoms with Crippen molar-refractivity contribution in [3.8, 4) is 0 Å². The van der Waals surface area contributed by atoms with Gasteiger partial charge in [0.05, 0.1) is 0 Å². The molecule has 0 aromatic rings. The molecular weight excluding hydrogens is 468 g/mol. The number of carbonyl (C=O) groups is 1. The molecule has 228 valence electrons. The Hall–Kier alpha value is -0.870. The predicted octanol–water partition coefficient (Wildman–Crippen LogP) is 10.4. The minimum Gasteiger partial charge on any atom is -0.330 e. The van der Waals surface area contributed by atoms with Gasteiger partial charge in [0.2, 0.25) is 0 Å². The smallest absolute Gasteiger partial charge is 0.330 e. The topological polar surface area (TPSA) is 52.3 Å². The molecule has 0 spiro atoms. The maximum atomic E-state index is 10.9. The molecule has 0 unspecified atom stereocenters. The van der Waals surface area contributed by atoms with E-state index in [0.29, 0.717) is 4.65 Å². The van der Waals surface area contributed by atoms with Crippen LogP contribution in [-0.2, 0) is 9.63 Å². The van der Waals surface area contributed by atoms with Gasteiger partial charge in [0.15, 0.2) is 0 Å². The summed E-state index contributed by atoms with van der Waals surface area (Å²) in [4.78, 5) is 16.1. The Labute approximate surface area is 240 Å². The molecule has 38 heavy (non-hydrogen) atoms. The highest BCUT2D eigenvalue weighted by Gasteiger charge is 2.18. The zero-order valence-electron chi connectivity index (χ0n) is 26.9. The predicted molar refractivity (Wildman–Crippen MR) is 169 cm³/mol. The van der Waals surface area contributed by atoms with Crippen molar-refractivity contribution >= 4 is 5.97 Å². The normalized spacial score (nSPS) is 11.5. The molecule has 0 aromatic carbocycles. The van der Waals surface area contributed by atoms with Gasteiger partial charge in [-0.2, -0.15) is 0 Å². The lowest BCUT2D eigenvalue weighted by Gasteiger charge is -2.25. The minimum absolute atomic E-state index is 0.197. The summed E-state index contributed by atoms with van der Waals surface area (Å²) in [5.74, 6) is -0.197. The van der Waals surface area contributed by atoms with Gasteiger partial charge >= 0.3 is 5.97 Å². The highest BCUT2D eigenvalue weighted by atomic mass is 16.7. The van der Waals surface area contributed by atoms with Crippen LogP contribution >= 0.6 is 0 Å². The lowest BCUT2D eigenvalue weighted by Crippen LogP contribution is -2.41. The van der Waals surface area contributed by atoms with Crippen molar-refractivity contribution in [2.24, 2.45) is 5.73 Å². The number of quaternary nitrogens is 1.